The average molecular weight is 428 g/mol. The lowest BCUT2D eigenvalue weighted by Gasteiger charge is -2.28. The molecule has 1 aliphatic heterocycles. The molecule has 0 aliphatic carbocycles. The summed E-state index contributed by atoms with van der Waals surface area (Å²) >= 11 is 0. The number of carbonyl (C=O) groups is 3. The van der Waals surface area contributed by atoms with Gasteiger partial charge in [-0.3, -0.25) is 4.79 Å². The van der Waals surface area contributed by atoms with E-state index in [0.29, 0.717) is 25.9 Å². The highest BCUT2D eigenvalue weighted by Gasteiger charge is 2.30. The van der Waals surface area contributed by atoms with Gasteiger partial charge in [0.1, 0.15) is 17.2 Å². The number of nitrogens with zero attached hydrogens (tertiary/aromatic N) is 1. The van der Waals surface area contributed by atoms with E-state index < -0.39 is 29.4 Å². The molecule has 1 fully saturated rings. The molecule has 2 atom stereocenters. The predicted molar refractivity (Wildman–Crippen MR) is 116 cm³/mol. The fourth-order valence-electron chi connectivity index (χ4n) is 3.33. The van der Waals surface area contributed by atoms with Crippen LogP contribution in [0.25, 0.3) is 0 Å². The van der Waals surface area contributed by atoms with Gasteiger partial charge in [-0.25, -0.2) is 9.59 Å². The average Bonchev–Trinajstić information content (AvgIpc) is 2.72. The van der Waals surface area contributed by atoms with Crippen molar-refractivity contribution in [3.05, 3.63) is 0 Å². The van der Waals surface area contributed by atoms with Crippen LogP contribution in [0.1, 0.15) is 87.0 Å². The number of likely N-dealkylation sites (tertiary alicyclic amines) is 1. The standard InChI is InChI=1S/C22H41N3O5/c1-8-11-16(23-19(27)29-21(2,3)4)13-15-25-14-10-9-12-17(18(25)26)24-20(28)30-22(5,6)7/h16-17H,8-15H2,1-7H3,(H,23,27)(H,24,28)/t16?,17-/m0/s1. The van der Waals surface area contributed by atoms with Crippen molar-refractivity contribution >= 4 is 18.1 Å². The van der Waals surface area contributed by atoms with Gasteiger partial charge in [0.05, 0.1) is 0 Å². The number of ether oxygens (including phenoxy) is 2. The predicted octanol–water partition coefficient (Wildman–Crippen LogP) is 3.98. The van der Waals surface area contributed by atoms with Crippen LogP contribution in [0, 0.1) is 0 Å². The summed E-state index contributed by atoms with van der Waals surface area (Å²) in [5.74, 6) is -0.0918. The smallest absolute Gasteiger partial charge is 0.408 e. The first-order valence-electron chi connectivity index (χ1n) is 11.1. The van der Waals surface area contributed by atoms with Gasteiger partial charge in [0, 0.05) is 19.1 Å². The highest BCUT2D eigenvalue weighted by Crippen LogP contribution is 2.16. The van der Waals surface area contributed by atoms with Crippen LogP contribution in [0.5, 0.6) is 0 Å². The second-order valence-corrected chi connectivity index (χ2v) is 9.94. The van der Waals surface area contributed by atoms with E-state index >= 15 is 0 Å². The van der Waals surface area contributed by atoms with E-state index in [0.717, 1.165) is 25.7 Å². The van der Waals surface area contributed by atoms with Crippen LogP contribution < -0.4 is 10.6 Å². The number of hydrogen-bond acceptors (Lipinski definition) is 5. The molecular formula is C22H41N3O5. The molecule has 8 nitrogen and oxygen atoms in total. The number of hydrogen-bond donors (Lipinski definition) is 2. The topological polar surface area (TPSA) is 97.0 Å². The summed E-state index contributed by atoms with van der Waals surface area (Å²) in [6.07, 6.45) is 3.69. The summed E-state index contributed by atoms with van der Waals surface area (Å²) in [6, 6.07) is -0.649. The molecule has 3 amide bonds. The van der Waals surface area contributed by atoms with Crippen molar-refractivity contribution < 1.29 is 23.9 Å². The Labute approximate surface area is 181 Å². The van der Waals surface area contributed by atoms with Crippen LogP contribution in [0.2, 0.25) is 0 Å². The third-order valence-corrected chi connectivity index (χ3v) is 4.58. The Bertz CT molecular complexity index is 580. The molecule has 1 unspecified atom stereocenters. The van der Waals surface area contributed by atoms with Crippen molar-refractivity contribution in [3.8, 4) is 0 Å². The Kier molecular flexibility index (Phi) is 9.91. The molecule has 30 heavy (non-hydrogen) atoms. The Morgan fingerprint density at radius 2 is 1.63 bits per heavy atom. The molecule has 174 valence electrons. The van der Waals surface area contributed by atoms with E-state index in [9.17, 15) is 14.4 Å². The van der Waals surface area contributed by atoms with E-state index in [-0.39, 0.29) is 11.9 Å². The fourth-order valence-corrected chi connectivity index (χ4v) is 3.33. The first-order chi connectivity index (χ1) is 13.8. The van der Waals surface area contributed by atoms with Crippen molar-refractivity contribution in [1.29, 1.82) is 0 Å². The summed E-state index contributed by atoms with van der Waals surface area (Å²) in [5.41, 5.74) is -1.17. The molecule has 1 saturated heterocycles. The summed E-state index contributed by atoms with van der Waals surface area (Å²) in [5, 5.41) is 5.65. The molecule has 1 rings (SSSR count). The highest BCUT2D eigenvalue weighted by molar-refractivity contribution is 5.86. The maximum Gasteiger partial charge on any atom is 0.408 e. The Hall–Kier alpha value is -1.99. The summed E-state index contributed by atoms with van der Waals surface area (Å²) in [4.78, 5) is 39.0. The molecule has 2 N–H and O–H groups in total. The van der Waals surface area contributed by atoms with Gasteiger partial charge in [0.25, 0.3) is 0 Å². The van der Waals surface area contributed by atoms with Crippen molar-refractivity contribution in [3.63, 3.8) is 0 Å². The van der Waals surface area contributed by atoms with Crippen molar-refractivity contribution in [2.45, 2.75) is 110 Å². The monoisotopic (exact) mass is 427 g/mol. The number of alkyl carbamates (subject to hydrolysis) is 2. The zero-order valence-corrected chi connectivity index (χ0v) is 19.8. The van der Waals surface area contributed by atoms with Crippen LogP contribution in [-0.2, 0) is 14.3 Å². The van der Waals surface area contributed by atoms with Crippen LogP contribution in [0.3, 0.4) is 0 Å². The minimum atomic E-state index is -0.613. The van der Waals surface area contributed by atoms with Gasteiger partial charge in [0.15, 0.2) is 0 Å². The van der Waals surface area contributed by atoms with Crippen molar-refractivity contribution in [1.82, 2.24) is 15.5 Å². The van der Waals surface area contributed by atoms with E-state index in [1.165, 1.54) is 0 Å². The van der Waals surface area contributed by atoms with Gasteiger partial charge in [-0.05, 0) is 73.6 Å². The molecule has 0 aromatic carbocycles. The molecule has 1 aliphatic rings. The van der Waals surface area contributed by atoms with E-state index in [1.807, 2.05) is 20.8 Å². The molecule has 0 saturated carbocycles. The Balaban J connectivity index is 2.66. The molecular weight excluding hydrogens is 386 g/mol. The molecule has 0 aromatic rings. The van der Waals surface area contributed by atoms with Crippen molar-refractivity contribution in [2.75, 3.05) is 13.1 Å². The fraction of sp³-hybridized carbons (Fsp3) is 0.864. The first-order valence-corrected chi connectivity index (χ1v) is 11.1. The minimum Gasteiger partial charge on any atom is -0.444 e. The van der Waals surface area contributed by atoms with Crippen LogP contribution >= 0.6 is 0 Å². The number of carbonyl (C=O) groups excluding carboxylic acids is 3. The molecule has 1 heterocycles. The van der Waals surface area contributed by atoms with Crippen LogP contribution in [0.15, 0.2) is 0 Å². The molecule has 0 spiro atoms. The Morgan fingerprint density at radius 1 is 1.03 bits per heavy atom. The lowest BCUT2D eigenvalue weighted by Crippen LogP contribution is -2.49. The van der Waals surface area contributed by atoms with Crippen LogP contribution in [0.4, 0.5) is 9.59 Å². The molecule has 0 aromatic heterocycles. The van der Waals surface area contributed by atoms with E-state index in [4.69, 9.17) is 9.47 Å². The van der Waals surface area contributed by atoms with Gasteiger partial charge in [0.2, 0.25) is 5.91 Å². The van der Waals surface area contributed by atoms with Gasteiger partial charge < -0.3 is 25.0 Å². The maximum absolute atomic E-state index is 13.0. The minimum absolute atomic E-state index is 0.0711. The highest BCUT2D eigenvalue weighted by atomic mass is 16.6. The quantitative estimate of drug-likeness (QED) is 0.641. The van der Waals surface area contributed by atoms with Crippen molar-refractivity contribution in [2.24, 2.45) is 0 Å². The number of rotatable bonds is 7. The first kappa shape index (κ1) is 26.0. The summed E-state index contributed by atoms with van der Waals surface area (Å²) < 4.78 is 10.7. The lowest BCUT2D eigenvalue weighted by atomic mass is 10.1. The van der Waals surface area contributed by atoms with E-state index in [1.54, 1.807) is 25.7 Å². The lowest BCUT2D eigenvalue weighted by molar-refractivity contribution is -0.133. The summed E-state index contributed by atoms with van der Waals surface area (Å²) in [7, 11) is 0. The molecule has 0 radical (unpaired) electrons. The Morgan fingerprint density at radius 3 is 2.20 bits per heavy atom. The molecule has 0 bridgehead atoms. The molecule has 8 heteroatoms. The second-order valence-electron chi connectivity index (χ2n) is 9.94. The third-order valence-electron chi connectivity index (χ3n) is 4.58. The van der Waals surface area contributed by atoms with Gasteiger partial charge in [-0.2, -0.15) is 0 Å². The van der Waals surface area contributed by atoms with Gasteiger partial charge in [-0.1, -0.05) is 13.3 Å². The summed E-state index contributed by atoms with van der Waals surface area (Å²) in [6.45, 7) is 14.1. The maximum atomic E-state index is 13.0. The zero-order chi connectivity index (χ0) is 22.9. The number of nitrogens with one attached hydrogen (secondary N) is 2. The van der Waals surface area contributed by atoms with Crippen LogP contribution in [-0.4, -0.2) is 59.4 Å². The van der Waals surface area contributed by atoms with E-state index in [2.05, 4.69) is 17.6 Å². The zero-order valence-electron chi connectivity index (χ0n) is 19.8. The SMILES string of the molecule is CCCC(CCN1CCCC[C@H](NC(=O)OC(C)(C)C)C1=O)NC(=O)OC(C)(C)C. The third kappa shape index (κ3) is 10.7. The largest absolute Gasteiger partial charge is 0.444 e. The number of amides is 3. The normalized spacial score (nSPS) is 19.0. The van der Waals surface area contributed by atoms with Gasteiger partial charge >= 0.3 is 12.2 Å². The van der Waals surface area contributed by atoms with Gasteiger partial charge in [-0.15, -0.1) is 0 Å². The second kappa shape index (κ2) is 11.4.